The van der Waals surface area contributed by atoms with E-state index in [9.17, 15) is 9.18 Å². The molecule has 4 nitrogen and oxygen atoms in total. The quantitative estimate of drug-likeness (QED) is 0.681. The fourth-order valence-corrected chi connectivity index (χ4v) is 5.22. The highest BCUT2D eigenvalue weighted by Gasteiger charge is 2.37. The molecular formula is C19H20BrFN2O2S. The van der Waals surface area contributed by atoms with Crippen molar-refractivity contribution in [3.05, 3.63) is 50.9 Å². The lowest BCUT2D eigenvalue weighted by Gasteiger charge is -2.44. The first-order valence-electron chi connectivity index (χ1n) is 8.79. The minimum Gasteiger partial charge on any atom is -0.444 e. The maximum absolute atomic E-state index is 14.4. The van der Waals surface area contributed by atoms with E-state index in [0.717, 1.165) is 41.1 Å². The van der Waals surface area contributed by atoms with Gasteiger partial charge in [-0.05, 0) is 72.0 Å². The Morgan fingerprint density at radius 2 is 2.04 bits per heavy atom. The number of amides is 1. The predicted octanol–water partition coefficient (Wildman–Crippen LogP) is 4.89. The molecule has 138 valence electrons. The van der Waals surface area contributed by atoms with Crippen molar-refractivity contribution in [3.63, 3.8) is 0 Å². The highest BCUT2D eigenvalue weighted by molar-refractivity contribution is 9.11. The number of piperidine rings is 3. The van der Waals surface area contributed by atoms with E-state index in [1.54, 1.807) is 18.2 Å². The second-order valence-electron chi connectivity index (χ2n) is 6.80. The molecule has 1 unspecified atom stereocenters. The van der Waals surface area contributed by atoms with Crippen LogP contribution in [0.1, 0.15) is 17.7 Å². The number of ether oxygens (including phenoxy) is 1. The SMILES string of the molecule is O=C(OC1CN2CCC1CC2)N(Cc1ccc(Br)s1)c1ccccc1F. The van der Waals surface area contributed by atoms with Gasteiger partial charge in [0.25, 0.3) is 0 Å². The van der Waals surface area contributed by atoms with Crippen molar-refractivity contribution in [2.75, 3.05) is 24.5 Å². The molecule has 3 aliphatic heterocycles. The van der Waals surface area contributed by atoms with E-state index in [2.05, 4.69) is 20.8 Å². The molecule has 5 rings (SSSR count). The number of anilines is 1. The number of hydrogen-bond donors (Lipinski definition) is 0. The van der Waals surface area contributed by atoms with Gasteiger partial charge in [0.15, 0.2) is 0 Å². The number of benzene rings is 1. The summed E-state index contributed by atoms with van der Waals surface area (Å²) in [6, 6.07) is 10.2. The van der Waals surface area contributed by atoms with E-state index < -0.39 is 11.9 Å². The molecule has 2 aromatic rings. The molecule has 0 saturated carbocycles. The number of nitrogens with zero attached hydrogens (tertiary/aromatic N) is 2. The molecule has 0 spiro atoms. The Kier molecular flexibility index (Phi) is 5.29. The first kappa shape index (κ1) is 17.9. The van der Waals surface area contributed by atoms with Gasteiger partial charge >= 0.3 is 6.09 Å². The Morgan fingerprint density at radius 1 is 1.27 bits per heavy atom. The molecule has 0 radical (unpaired) electrons. The fraction of sp³-hybridized carbons (Fsp3) is 0.421. The Hall–Kier alpha value is -1.44. The standard InChI is InChI=1S/C19H20BrFN2O2S/c20-18-6-5-14(26-18)11-23(16-4-2-1-3-15(16)21)19(24)25-17-12-22-9-7-13(17)8-10-22/h1-6,13,17H,7-12H2. The van der Waals surface area contributed by atoms with Crippen LogP contribution in [-0.4, -0.2) is 36.7 Å². The molecule has 3 saturated heterocycles. The van der Waals surface area contributed by atoms with Crippen LogP contribution in [0.3, 0.4) is 0 Å². The summed E-state index contributed by atoms with van der Waals surface area (Å²) in [4.78, 5) is 17.7. The van der Waals surface area contributed by atoms with Gasteiger partial charge in [0.2, 0.25) is 0 Å². The van der Waals surface area contributed by atoms with Crippen molar-refractivity contribution in [3.8, 4) is 0 Å². The molecule has 1 aromatic carbocycles. The van der Waals surface area contributed by atoms with Gasteiger partial charge in [0.05, 0.1) is 16.0 Å². The van der Waals surface area contributed by atoms with E-state index in [1.807, 2.05) is 12.1 Å². The summed E-state index contributed by atoms with van der Waals surface area (Å²) in [5.41, 5.74) is 0.253. The number of carbonyl (C=O) groups excluding carboxylic acids is 1. The minimum absolute atomic E-state index is 0.102. The Balaban J connectivity index is 1.55. The van der Waals surface area contributed by atoms with Crippen LogP contribution in [0.25, 0.3) is 0 Å². The van der Waals surface area contributed by atoms with Crippen LogP contribution in [0, 0.1) is 11.7 Å². The van der Waals surface area contributed by atoms with Gasteiger partial charge in [-0.25, -0.2) is 9.18 Å². The molecule has 7 heteroatoms. The molecule has 1 amide bonds. The number of thiophene rings is 1. The predicted molar refractivity (Wildman–Crippen MR) is 104 cm³/mol. The van der Waals surface area contributed by atoms with Gasteiger partial charge in [0.1, 0.15) is 11.9 Å². The average Bonchev–Trinajstić information content (AvgIpc) is 3.06. The number of carbonyl (C=O) groups is 1. The zero-order chi connectivity index (χ0) is 18.1. The maximum Gasteiger partial charge on any atom is 0.415 e. The monoisotopic (exact) mass is 438 g/mol. The highest BCUT2D eigenvalue weighted by atomic mass is 79.9. The van der Waals surface area contributed by atoms with Gasteiger partial charge < -0.3 is 4.74 Å². The van der Waals surface area contributed by atoms with Crippen LogP contribution in [0.4, 0.5) is 14.9 Å². The molecule has 2 bridgehead atoms. The summed E-state index contributed by atoms with van der Waals surface area (Å²) in [5, 5.41) is 0. The third kappa shape index (κ3) is 3.80. The van der Waals surface area contributed by atoms with E-state index in [0.29, 0.717) is 5.92 Å². The third-order valence-electron chi connectivity index (χ3n) is 5.15. The van der Waals surface area contributed by atoms with E-state index in [-0.39, 0.29) is 18.3 Å². The van der Waals surface area contributed by atoms with Gasteiger partial charge in [-0.1, -0.05) is 12.1 Å². The van der Waals surface area contributed by atoms with Gasteiger partial charge in [-0.3, -0.25) is 9.80 Å². The normalized spacial score (nSPS) is 24.5. The molecule has 3 fully saturated rings. The lowest BCUT2D eigenvalue weighted by atomic mass is 9.86. The number of hydrogen-bond acceptors (Lipinski definition) is 4. The van der Waals surface area contributed by atoms with Gasteiger partial charge in [-0.2, -0.15) is 0 Å². The molecule has 1 atom stereocenters. The Labute approximate surface area is 164 Å². The van der Waals surface area contributed by atoms with Crippen molar-refractivity contribution in [1.82, 2.24) is 4.90 Å². The molecule has 0 aliphatic carbocycles. The fourth-order valence-electron chi connectivity index (χ4n) is 3.75. The zero-order valence-corrected chi connectivity index (χ0v) is 16.6. The Morgan fingerprint density at radius 3 is 2.65 bits per heavy atom. The molecule has 26 heavy (non-hydrogen) atoms. The summed E-state index contributed by atoms with van der Waals surface area (Å²) < 4.78 is 21.2. The van der Waals surface area contributed by atoms with E-state index >= 15 is 0 Å². The van der Waals surface area contributed by atoms with Gasteiger partial charge in [-0.15, -0.1) is 11.3 Å². The minimum atomic E-state index is -0.474. The highest BCUT2D eigenvalue weighted by Crippen LogP contribution is 2.32. The van der Waals surface area contributed by atoms with Crippen LogP contribution >= 0.6 is 27.3 Å². The van der Waals surface area contributed by atoms with Crippen molar-refractivity contribution in [1.29, 1.82) is 0 Å². The van der Waals surface area contributed by atoms with Crippen LogP contribution in [-0.2, 0) is 11.3 Å². The molecule has 0 N–H and O–H groups in total. The van der Waals surface area contributed by atoms with Crippen LogP contribution in [0.2, 0.25) is 0 Å². The number of para-hydroxylation sites is 1. The molecule has 4 heterocycles. The van der Waals surface area contributed by atoms with Gasteiger partial charge in [0, 0.05) is 11.4 Å². The van der Waals surface area contributed by atoms with Crippen LogP contribution < -0.4 is 4.90 Å². The van der Waals surface area contributed by atoms with E-state index in [1.165, 1.54) is 22.3 Å². The second kappa shape index (κ2) is 7.66. The second-order valence-corrected chi connectivity index (χ2v) is 9.35. The summed E-state index contributed by atoms with van der Waals surface area (Å²) >= 11 is 4.96. The number of fused-ring (bicyclic) bond motifs is 3. The summed E-state index contributed by atoms with van der Waals surface area (Å²) in [5.74, 6) is -0.00344. The lowest BCUT2D eigenvalue weighted by Crippen LogP contribution is -2.53. The Bertz CT molecular complexity index is 791. The first-order chi connectivity index (χ1) is 12.6. The zero-order valence-electron chi connectivity index (χ0n) is 14.2. The van der Waals surface area contributed by atoms with Crippen molar-refractivity contribution >= 4 is 39.0 Å². The van der Waals surface area contributed by atoms with E-state index in [4.69, 9.17) is 4.74 Å². The van der Waals surface area contributed by atoms with Crippen molar-refractivity contribution in [2.45, 2.75) is 25.5 Å². The number of rotatable bonds is 4. The largest absolute Gasteiger partial charge is 0.444 e. The topological polar surface area (TPSA) is 32.8 Å². The molecule has 3 aliphatic rings. The maximum atomic E-state index is 14.4. The van der Waals surface area contributed by atoms with Crippen LogP contribution in [0.5, 0.6) is 0 Å². The summed E-state index contributed by atoms with van der Waals surface area (Å²) in [7, 11) is 0. The van der Waals surface area contributed by atoms with Crippen LogP contribution in [0.15, 0.2) is 40.2 Å². The summed E-state index contributed by atoms with van der Waals surface area (Å²) in [6.07, 6.45) is 1.55. The smallest absolute Gasteiger partial charge is 0.415 e. The number of halogens is 2. The third-order valence-corrected chi connectivity index (χ3v) is 6.76. The molecule has 1 aromatic heterocycles. The lowest BCUT2D eigenvalue weighted by molar-refractivity contribution is -0.0311. The average molecular weight is 439 g/mol. The first-order valence-corrected chi connectivity index (χ1v) is 10.4. The summed E-state index contributed by atoms with van der Waals surface area (Å²) in [6.45, 7) is 3.24. The van der Waals surface area contributed by atoms with Crippen molar-refractivity contribution < 1.29 is 13.9 Å². The van der Waals surface area contributed by atoms with Crippen molar-refractivity contribution in [2.24, 2.45) is 5.92 Å². The molecular weight excluding hydrogens is 419 g/mol.